The summed E-state index contributed by atoms with van der Waals surface area (Å²) in [5.41, 5.74) is 10.9. The molecule has 0 bridgehead atoms. The monoisotopic (exact) mass is 403 g/mol. The van der Waals surface area contributed by atoms with E-state index in [9.17, 15) is 9.90 Å². The highest BCUT2D eigenvalue weighted by Gasteiger charge is 2.13. The molecule has 3 aromatic carbocycles. The van der Waals surface area contributed by atoms with Crippen LogP contribution in [0, 0.1) is 0 Å². The average molecular weight is 403 g/mol. The van der Waals surface area contributed by atoms with Crippen molar-refractivity contribution in [3.63, 3.8) is 0 Å². The van der Waals surface area contributed by atoms with Crippen molar-refractivity contribution in [3.05, 3.63) is 83.6 Å². The zero-order valence-electron chi connectivity index (χ0n) is 16.2. The van der Waals surface area contributed by atoms with Crippen LogP contribution in [0.2, 0.25) is 0 Å². The summed E-state index contributed by atoms with van der Waals surface area (Å²) in [6.07, 6.45) is 1.41. The average Bonchev–Trinajstić information content (AvgIpc) is 3.21. The van der Waals surface area contributed by atoms with Gasteiger partial charge >= 0.3 is 5.97 Å². The number of phenolic OH excluding ortho intramolecular Hbond substituents is 1. The first kappa shape index (κ1) is 19.5. The summed E-state index contributed by atoms with van der Waals surface area (Å²) < 4.78 is 11.6. The first-order chi connectivity index (χ1) is 14.5. The Morgan fingerprint density at radius 3 is 2.70 bits per heavy atom. The second-order valence-corrected chi connectivity index (χ2v) is 7.04. The van der Waals surface area contributed by atoms with Gasteiger partial charge in [0, 0.05) is 23.1 Å². The minimum absolute atomic E-state index is 0.000452. The van der Waals surface area contributed by atoms with Crippen molar-refractivity contribution in [2.75, 3.05) is 0 Å². The van der Waals surface area contributed by atoms with Crippen molar-refractivity contribution in [1.29, 1.82) is 0 Å². The van der Waals surface area contributed by atoms with E-state index in [0.29, 0.717) is 17.9 Å². The molecule has 0 spiro atoms. The highest BCUT2D eigenvalue weighted by atomic mass is 16.5. The molecule has 4 rings (SSSR count). The topological polar surface area (TPSA) is 106 Å². The molecule has 6 heteroatoms. The van der Waals surface area contributed by atoms with Crippen LogP contribution in [0.5, 0.6) is 11.5 Å². The minimum atomic E-state index is -0.993. The second-order valence-electron chi connectivity index (χ2n) is 7.04. The molecule has 0 aliphatic heterocycles. The van der Waals surface area contributed by atoms with E-state index in [0.717, 1.165) is 33.2 Å². The van der Waals surface area contributed by atoms with Crippen molar-refractivity contribution in [2.45, 2.75) is 19.6 Å². The minimum Gasteiger partial charge on any atom is -0.508 e. The number of phenols is 1. The summed E-state index contributed by atoms with van der Waals surface area (Å²) in [7, 11) is 0. The molecule has 1 aromatic heterocycles. The number of hydrogen-bond acceptors (Lipinski definition) is 5. The van der Waals surface area contributed by atoms with Gasteiger partial charge in [0.1, 0.15) is 23.7 Å². The van der Waals surface area contributed by atoms with Gasteiger partial charge in [-0.15, -0.1) is 0 Å². The fourth-order valence-electron chi connectivity index (χ4n) is 3.48. The molecule has 0 atom stereocenters. The van der Waals surface area contributed by atoms with Crippen molar-refractivity contribution in [1.82, 2.24) is 0 Å². The molecule has 30 heavy (non-hydrogen) atoms. The summed E-state index contributed by atoms with van der Waals surface area (Å²) in [5, 5.41) is 19.7. The molecule has 0 aliphatic carbocycles. The summed E-state index contributed by atoms with van der Waals surface area (Å²) in [6.45, 7) is 0.688. The number of carboxylic acids is 1. The summed E-state index contributed by atoms with van der Waals surface area (Å²) in [4.78, 5) is 11.1. The van der Waals surface area contributed by atoms with Gasteiger partial charge in [-0.3, -0.25) is 4.79 Å². The van der Waals surface area contributed by atoms with Gasteiger partial charge in [-0.2, -0.15) is 0 Å². The van der Waals surface area contributed by atoms with Crippen LogP contribution in [-0.4, -0.2) is 16.2 Å². The van der Waals surface area contributed by atoms with Gasteiger partial charge in [-0.05, 0) is 59.2 Å². The Balaban J connectivity index is 1.67. The van der Waals surface area contributed by atoms with Crippen LogP contribution < -0.4 is 10.5 Å². The molecule has 6 nitrogen and oxygen atoms in total. The largest absolute Gasteiger partial charge is 0.508 e. The third-order valence-corrected chi connectivity index (χ3v) is 4.86. The Labute approximate surface area is 173 Å². The fourth-order valence-corrected chi connectivity index (χ4v) is 3.48. The first-order valence-corrected chi connectivity index (χ1v) is 9.49. The SMILES string of the molecule is NCc1cccc(-c2cc(COc3ccc(O)cc3CC(=O)O)cc3ccoc23)c1. The predicted molar refractivity (Wildman–Crippen MR) is 113 cm³/mol. The Hall–Kier alpha value is -3.77. The summed E-state index contributed by atoms with van der Waals surface area (Å²) in [6, 6.07) is 18.3. The lowest BCUT2D eigenvalue weighted by Crippen LogP contribution is -2.04. The number of ether oxygens (including phenoxy) is 1. The first-order valence-electron chi connectivity index (χ1n) is 9.49. The van der Waals surface area contributed by atoms with Crippen LogP contribution in [-0.2, 0) is 24.4 Å². The lowest BCUT2D eigenvalue weighted by Gasteiger charge is -2.13. The molecule has 0 aliphatic rings. The third kappa shape index (κ3) is 4.14. The molecule has 0 saturated carbocycles. The standard InChI is InChI=1S/C24H21NO5/c25-13-15-2-1-3-17(8-15)21-10-16(9-18-6-7-29-24(18)21)14-30-22-5-4-20(26)11-19(22)12-23(27)28/h1-11,26H,12-14,25H2,(H,27,28). The van der Waals surface area contributed by atoms with Gasteiger partial charge in [0.25, 0.3) is 0 Å². The fraction of sp³-hybridized carbons (Fsp3) is 0.125. The molecule has 4 aromatic rings. The Morgan fingerprint density at radius 1 is 1.03 bits per heavy atom. The van der Waals surface area contributed by atoms with E-state index in [1.165, 1.54) is 12.1 Å². The maximum absolute atomic E-state index is 11.1. The number of aliphatic carboxylic acids is 1. The Morgan fingerprint density at radius 2 is 1.90 bits per heavy atom. The predicted octanol–water partition coefficient (Wildman–Crippen LogP) is 4.47. The zero-order chi connectivity index (χ0) is 21.1. The number of fused-ring (bicyclic) bond motifs is 1. The number of furan rings is 1. The highest BCUT2D eigenvalue weighted by Crippen LogP contribution is 2.32. The van der Waals surface area contributed by atoms with Crippen LogP contribution in [0.25, 0.3) is 22.1 Å². The van der Waals surface area contributed by atoms with Crippen LogP contribution in [0.3, 0.4) is 0 Å². The Bertz CT molecular complexity index is 1210. The maximum atomic E-state index is 11.1. The number of carbonyl (C=O) groups is 1. The van der Waals surface area contributed by atoms with Gasteiger partial charge in [-0.1, -0.05) is 18.2 Å². The van der Waals surface area contributed by atoms with E-state index in [-0.39, 0.29) is 18.8 Å². The normalized spacial score (nSPS) is 11.0. The number of benzene rings is 3. The Kier molecular flexibility index (Phi) is 5.41. The van der Waals surface area contributed by atoms with Gasteiger partial charge in [0.05, 0.1) is 12.7 Å². The van der Waals surface area contributed by atoms with Crippen molar-refractivity contribution in [3.8, 4) is 22.6 Å². The smallest absolute Gasteiger partial charge is 0.307 e. The van der Waals surface area contributed by atoms with Gasteiger partial charge in [0.2, 0.25) is 0 Å². The van der Waals surface area contributed by atoms with Crippen LogP contribution in [0.15, 0.2) is 71.3 Å². The molecular formula is C24H21NO5. The zero-order valence-corrected chi connectivity index (χ0v) is 16.2. The van der Waals surface area contributed by atoms with Crippen molar-refractivity contribution in [2.24, 2.45) is 5.73 Å². The number of aromatic hydroxyl groups is 1. The van der Waals surface area contributed by atoms with Crippen molar-refractivity contribution >= 4 is 16.9 Å². The van der Waals surface area contributed by atoms with Crippen molar-refractivity contribution < 1.29 is 24.2 Å². The van der Waals surface area contributed by atoms with Crippen LogP contribution in [0.1, 0.15) is 16.7 Å². The van der Waals surface area contributed by atoms with Gasteiger partial charge < -0.3 is 25.1 Å². The molecule has 4 N–H and O–H groups in total. The molecule has 0 amide bonds. The molecule has 0 unspecified atom stereocenters. The van der Waals surface area contributed by atoms with E-state index in [2.05, 4.69) is 0 Å². The molecular weight excluding hydrogens is 382 g/mol. The number of nitrogens with two attached hydrogens (primary N) is 1. The lowest BCUT2D eigenvalue weighted by molar-refractivity contribution is -0.136. The molecule has 0 saturated heterocycles. The van der Waals surface area contributed by atoms with Crippen LogP contribution in [0.4, 0.5) is 0 Å². The molecule has 152 valence electrons. The van der Waals surface area contributed by atoms with Gasteiger partial charge in [-0.25, -0.2) is 0 Å². The quantitative estimate of drug-likeness (QED) is 0.420. The molecule has 0 radical (unpaired) electrons. The van der Waals surface area contributed by atoms with E-state index < -0.39 is 5.97 Å². The van der Waals surface area contributed by atoms with Crippen LogP contribution >= 0.6 is 0 Å². The summed E-state index contributed by atoms with van der Waals surface area (Å²) in [5.74, 6) is -0.568. The van der Waals surface area contributed by atoms with E-state index in [1.807, 2.05) is 42.5 Å². The van der Waals surface area contributed by atoms with Gasteiger partial charge in [0.15, 0.2) is 0 Å². The van der Waals surface area contributed by atoms with E-state index in [4.69, 9.17) is 20.0 Å². The second kappa shape index (κ2) is 8.31. The number of carboxylic acid groups (broad SMARTS) is 1. The molecule has 1 heterocycles. The third-order valence-electron chi connectivity index (χ3n) is 4.86. The number of rotatable bonds is 7. The van der Waals surface area contributed by atoms with E-state index >= 15 is 0 Å². The highest BCUT2D eigenvalue weighted by molar-refractivity contribution is 5.93. The molecule has 0 fully saturated rings. The summed E-state index contributed by atoms with van der Waals surface area (Å²) >= 11 is 0. The lowest BCUT2D eigenvalue weighted by atomic mass is 9.99. The maximum Gasteiger partial charge on any atom is 0.307 e. The van der Waals surface area contributed by atoms with E-state index in [1.54, 1.807) is 12.3 Å². The number of hydrogen-bond donors (Lipinski definition) is 3.